The molecule has 6 heteroatoms. The Kier molecular flexibility index (Phi) is 8.44. The highest BCUT2D eigenvalue weighted by molar-refractivity contribution is 5.79. The van der Waals surface area contributed by atoms with E-state index in [1.54, 1.807) is 0 Å². The number of hydrogen-bond donors (Lipinski definition) is 1. The van der Waals surface area contributed by atoms with E-state index in [1.165, 1.54) is 39.0 Å². The molecule has 3 saturated heterocycles. The molecule has 0 radical (unpaired) electrons. The zero-order chi connectivity index (χ0) is 20.8. The summed E-state index contributed by atoms with van der Waals surface area (Å²) < 4.78 is 6.33. The molecular formula is C24H44N4O2. The summed E-state index contributed by atoms with van der Waals surface area (Å²) in [5.41, 5.74) is 0. The first-order chi connectivity index (χ1) is 14.7. The smallest absolute Gasteiger partial charge is 0.225 e. The van der Waals surface area contributed by atoms with Crippen molar-refractivity contribution in [2.75, 3.05) is 65.4 Å². The van der Waals surface area contributed by atoms with Gasteiger partial charge in [0.05, 0.1) is 12.2 Å². The van der Waals surface area contributed by atoms with Gasteiger partial charge in [0.15, 0.2) is 0 Å². The van der Waals surface area contributed by atoms with Crippen LogP contribution in [0.15, 0.2) is 0 Å². The summed E-state index contributed by atoms with van der Waals surface area (Å²) in [6, 6.07) is 0. The first kappa shape index (κ1) is 22.5. The van der Waals surface area contributed by atoms with E-state index in [9.17, 15) is 4.79 Å². The van der Waals surface area contributed by atoms with Gasteiger partial charge in [-0.15, -0.1) is 0 Å². The number of ether oxygens (including phenoxy) is 1. The first-order valence-corrected chi connectivity index (χ1v) is 12.8. The molecule has 1 saturated carbocycles. The van der Waals surface area contributed by atoms with Gasteiger partial charge in [-0.3, -0.25) is 9.69 Å². The van der Waals surface area contributed by atoms with Crippen LogP contribution in [0.3, 0.4) is 0 Å². The van der Waals surface area contributed by atoms with Gasteiger partial charge in [0.25, 0.3) is 0 Å². The SMILES string of the molecule is CCN1CCCC(CN2CCN(C(=O)C3CCC(OC4CCNCC4)CC3)CC2)C1. The molecule has 6 nitrogen and oxygen atoms in total. The molecule has 0 spiro atoms. The maximum atomic E-state index is 13.1. The third kappa shape index (κ3) is 6.18. The van der Waals surface area contributed by atoms with Crippen molar-refractivity contribution in [1.29, 1.82) is 0 Å². The number of carbonyl (C=O) groups is 1. The molecule has 1 atom stereocenters. The minimum atomic E-state index is 0.237. The molecule has 0 aromatic carbocycles. The number of nitrogens with one attached hydrogen (secondary N) is 1. The molecule has 4 rings (SSSR count). The molecular weight excluding hydrogens is 376 g/mol. The highest BCUT2D eigenvalue weighted by Crippen LogP contribution is 2.30. The van der Waals surface area contributed by atoms with E-state index < -0.39 is 0 Å². The molecule has 30 heavy (non-hydrogen) atoms. The van der Waals surface area contributed by atoms with Crippen molar-refractivity contribution >= 4 is 5.91 Å². The number of piperidine rings is 2. The molecule has 3 heterocycles. The van der Waals surface area contributed by atoms with Crippen LogP contribution in [0.1, 0.15) is 58.3 Å². The van der Waals surface area contributed by atoms with Crippen LogP contribution in [0.5, 0.6) is 0 Å². The maximum absolute atomic E-state index is 13.1. The Labute approximate surface area is 183 Å². The van der Waals surface area contributed by atoms with E-state index in [0.717, 1.165) is 83.7 Å². The quantitative estimate of drug-likeness (QED) is 0.714. The lowest BCUT2D eigenvalue weighted by molar-refractivity contribution is -0.140. The molecule has 1 N–H and O–H groups in total. The molecule has 1 unspecified atom stereocenters. The van der Waals surface area contributed by atoms with Crippen molar-refractivity contribution in [3.8, 4) is 0 Å². The largest absolute Gasteiger partial charge is 0.375 e. The van der Waals surface area contributed by atoms with E-state index in [1.807, 2.05) is 0 Å². The molecule has 0 aromatic heterocycles. The molecule has 4 aliphatic rings. The Hall–Kier alpha value is -0.690. The van der Waals surface area contributed by atoms with Crippen LogP contribution in [0.4, 0.5) is 0 Å². The van der Waals surface area contributed by atoms with Crippen LogP contribution in [-0.4, -0.2) is 98.3 Å². The zero-order valence-corrected chi connectivity index (χ0v) is 19.2. The van der Waals surface area contributed by atoms with Gasteiger partial charge in [-0.2, -0.15) is 0 Å². The van der Waals surface area contributed by atoms with Gasteiger partial charge in [0.2, 0.25) is 5.91 Å². The predicted octanol–water partition coefficient (Wildman–Crippen LogP) is 2.19. The standard InChI is InChI=1S/C24H44N4O2/c1-2-26-13-3-4-20(18-26)19-27-14-16-28(17-15-27)24(29)21-5-7-22(8-6-21)30-23-9-11-25-12-10-23/h20-23,25H,2-19H2,1H3. The van der Waals surface area contributed by atoms with E-state index >= 15 is 0 Å². The number of amides is 1. The second-order valence-electron chi connectivity index (χ2n) is 10.1. The second-order valence-corrected chi connectivity index (χ2v) is 10.1. The van der Waals surface area contributed by atoms with Crippen molar-refractivity contribution < 1.29 is 9.53 Å². The lowest BCUT2D eigenvalue weighted by Crippen LogP contribution is -2.52. The molecule has 0 bridgehead atoms. The first-order valence-electron chi connectivity index (χ1n) is 12.8. The van der Waals surface area contributed by atoms with Crippen molar-refractivity contribution in [2.24, 2.45) is 11.8 Å². The minimum absolute atomic E-state index is 0.237. The van der Waals surface area contributed by atoms with Gasteiger partial charge in [0, 0.05) is 45.2 Å². The number of nitrogens with zero attached hydrogens (tertiary/aromatic N) is 3. The maximum Gasteiger partial charge on any atom is 0.225 e. The van der Waals surface area contributed by atoms with E-state index in [2.05, 4.69) is 26.9 Å². The summed E-state index contributed by atoms with van der Waals surface area (Å²) in [5, 5.41) is 3.40. The highest BCUT2D eigenvalue weighted by Gasteiger charge is 2.33. The third-order valence-electron chi connectivity index (χ3n) is 7.95. The second kappa shape index (κ2) is 11.3. The summed E-state index contributed by atoms with van der Waals surface area (Å²) >= 11 is 0. The fourth-order valence-corrected chi connectivity index (χ4v) is 6.01. The fourth-order valence-electron chi connectivity index (χ4n) is 6.01. The number of rotatable bonds is 6. The van der Waals surface area contributed by atoms with Crippen molar-refractivity contribution in [3.63, 3.8) is 0 Å². The van der Waals surface area contributed by atoms with Crippen molar-refractivity contribution in [3.05, 3.63) is 0 Å². The van der Waals surface area contributed by atoms with Gasteiger partial charge in [-0.1, -0.05) is 6.92 Å². The lowest BCUT2D eigenvalue weighted by Gasteiger charge is -2.40. The van der Waals surface area contributed by atoms with Gasteiger partial charge in [-0.05, 0) is 83.5 Å². The Morgan fingerprint density at radius 2 is 1.57 bits per heavy atom. The number of carbonyl (C=O) groups excluding carboxylic acids is 1. The van der Waals surface area contributed by atoms with E-state index in [4.69, 9.17) is 4.74 Å². The van der Waals surface area contributed by atoms with Crippen molar-refractivity contribution in [2.45, 2.75) is 70.5 Å². The molecule has 4 fully saturated rings. The molecule has 0 aromatic rings. The monoisotopic (exact) mass is 420 g/mol. The number of piperazine rings is 1. The third-order valence-corrected chi connectivity index (χ3v) is 7.95. The number of likely N-dealkylation sites (tertiary alicyclic amines) is 1. The average molecular weight is 421 g/mol. The van der Waals surface area contributed by atoms with Crippen LogP contribution in [-0.2, 0) is 9.53 Å². The molecule has 1 aliphatic carbocycles. The minimum Gasteiger partial charge on any atom is -0.375 e. The topological polar surface area (TPSA) is 48.0 Å². The van der Waals surface area contributed by atoms with Gasteiger partial charge >= 0.3 is 0 Å². The van der Waals surface area contributed by atoms with Gasteiger partial charge < -0.3 is 19.9 Å². The number of hydrogen-bond acceptors (Lipinski definition) is 5. The fraction of sp³-hybridized carbons (Fsp3) is 0.958. The van der Waals surface area contributed by atoms with Gasteiger partial charge in [-0.25, -0.2) is 0 Å². The normalized spacial score (nSPS) is 33.0. The Balaban J connectivity index is 1.14. The summed E-state index contributed by atoms with van der Waals surface area (Å²) in [6.45, 7) is 13.4. The van der Waals surface area contributed by atoms with E-state index in [-0.39, 0.29) is 5.92 Å². The summed E-state index contributed by atoms with van der Waals surface area (Å²) in [4.78, 5) is 20.4. The van der Waals surface area contributed by atoms with Crippen LogP contribution in [0, 0.1) is 11.8 Å². The van der Waals surface area contributed by atoms with Crippen LogP contribution < -0.4 is 5.32 Å². The average Bonchev–Trinajstić information content (AvgIpc) is 2.80. The summed E-state index contributed by atoms with van der Waals surface area (Å²) in [6.07, 6.45) is 9.98. The molecule has 1 amide bonds. The van der Waals surface area contributed by atoms with Crippen LogP contribution in [0.2, 0.25) is 0 Å². The van der Waals surface area contributed by atoms with Gasteiger partial charge in [0.1, 0.15) is 0 Å². The Morgan fingerprint density at radius 1 is 0.867 bits per heavy atom. The summed E-state index contributed by atoms with van der Waals surface area (Å²) in [5.74, 6) is 1.47. The van der Waals surface area contributed by atoms with Crippen LogP contribution >= 0.6 is 0 Å². The lowest BCUT2D eigenvalue weighted by atomic mass is 9.86. The Bertz CT molecular complexity index is 523. The zero-order valence-electron chi connectivity index (χ0n) is 19.2. The molecule has 172 valence electrons. The summed E-state index contributed by atoms with van der Waals surface area (Å²) in [7, 11) is 0. The molecule has 3 aliphatic heterocycles. The van der Waals surface area contributed by atoms with Crippen LogP contribution in [0.25, 0.3) is 0 Å². The van der Waals surface area contributed by atoms with E-state index in [0.29, 0.717) is 18.1 Å². The Morgan fingerprint density at radius 3 is 2.27 bits per heavy atom. The predicted molar refractivity (Wildman–Crippen MR) is 121 cm³/mol. The van der Waals surface area contributed by atoms with Crippen molar-refractivity contribution in [1.82, 2.24) is 20.0 Å². The highest BCUT2D eigenvalue weighted by atomic mass is 16.5.